The minimum Gasteiger partial charge on any atom is -0.310 e. The summed E-state index contributed by atoms with van der Waals surface area (Å²) >= 11 is 1.88. The Labute approximate surface area is 334 Å². The van der Waals surface area contributed by atoms with Crippen molar-refractivity contribution in [1.29, 1.82) is 0 Å². The first-order valence-corrected chi connectivity index (χ1v) is 20.9. The van der Waals surface area contributed by atoms with E-state index in [0.29, 0.717) is 5.92 Å². The Hall–Kier alpha value is -6.22. The molecular weight excluding hydrogens is 695 g/mol. The topological polar surface area (TPSA) is 3.24 Å². The largest absolute Gasteiger partial charge is 0.310 e. The zero-order valence-electron chi connectivity index (χ0n) is 31.4. The predicted molar refractivity (Wildman–Crippen MR) is 242 cm³/mol. The highest BCUT2D eigenvalue weighted by Crippen LogP contribution is 2.46. The summed E-state index contributed by atoms with van der Waals surface area (Å²) in [5.41, 5.74) is 14.7. The van der Waals surface area contributed by atoms with E-state index in [-0.39, 0.29) is 0 Å². The van der Waals surface area contributed by atoms with Gasteiger partial charge in [0.1, 0.15) is 0 Å². The van der Waals surface area contributed by atoms with Crippen LogP contribution in [0.5, 0.6) is 0 Å². The maximum Gasteiger partial charge on any atom is 0.0476 e. The maximum atomic E-state index is 2.44. The lowest BCUT2D eigenvalue weighted by atomic mass is 9.84. The molecule has 9 aromatic rings. The second-order valence-electron chi connectivity index (χ2n) is 15.1. The summed E-state index contributed by atoms with van der Waals surface area (Å²) in [4.78, 5) is 2.44. The second kappa shape index (κ2) is 15.1. The fourth-order valence-corrected chi connectivity index (χ4v) is 10.1. The number of hydrogen-bond acceptors (Lipinski definition) is 2. The van der Waals surface area contributed by atoms with Gasteiger partial charge in [-0.2, -0.15) is 0 Å². The monoisotopic (exact) mass is 737 g/mol. The molecule has 0 N–H and O–H groups in total. The van der Waals surface area contributed by atoms with Crippen LogP contribution in [-0.2, 0) is 0 Å². The van der Waals surface area contributed by atoms with E-state index in [1.807, 2.05) is 11.3 Å². The van der Waals surface area contributed by atoms with Gasteiger partial charge in [-0.25, -0.2) is 0 Å². The molecule has 1 saturated carbocycles. The quantitative estimate of drug-likeness (QED) is 0.150. The van der Waals surface area contributed by atoms with E-state index in [0.717, 1.165) is 5.69 Å². The van der Waals surface area contributed by atoms with Crippen molar-refractivity contribution in [2.75, 3.05) is 4.90 Å². The van der Waals surface area contributed by atoms with Gasteiger partial charge < -0.3 is 4.90 Å². The molecule has 0 spiro atoms. The van der Waals surface area contributed by atoms with Crippen molar-refractivity contribution in [2.24, 2.45) is 0 Å². The summed E-state index contributed by atoms with van der Waals surface area (Å²) in [5, 5.41) is 2.65. The zero-order chi connectivity index (χ0) is 37.3. The second-order valence-corrected chi connectivity index (χ2v) is 16.2. The molecule has 0 unspecified atom stereocenters. The van der Waals surface area contributed by atoms with Gasteiger partial charge in [-0.3, -0.25) is 0 Å². The van der Waals surface area contributed by atoms with Crippen LogP contribution in [-0.4, -0.2) is 0 Å². The van der Waals surface area contributed by atoms with Crippen molar-refractivity contribution >= 4 is 48.6 Å². The Morgan fingerprint density at radius 2 is 0.929 bits per heavy atom. The highest BCUT2D eigenvalue weighted by atomic mass is 32.1. The molecule has 0 saturated heterocycles. The Kier molecular flexibility index (Phi) is 9.27. The lowest BCUT2D eigenvalue weighted by Crippen LogP contribution is -2.10. The Balaban J connectivity index is 1.11. The molecule has 1 aliphatic carbocycles. The van der Waals surface area contributed by atoms with Crippen LogP contribution in [0, 0.1) is 0 Å². The number of anilines is 3. The lowest BCUT2D eigenvalue weighted by molar-refractivity contribution is 0.443. The van der Waals surface area contributed by atoms with E-state index in [1.54, 1.807) is 0 Å². The third kappa shape index (κ3) is 6.51. The van der Waals surface area contributed by atoms with E-state index in [9.17, 15) is 0 Å². The molecule has 10 rings (SSSR count). The molecule has 0 aliphatic heterocycles. The van der Waals surface area contributed by atoms with Crippen LogP contribution in [0.3, 0.4) is 0 Å². The average molecular weight is 738 g/mol. The predicted octanol–water partition coefficient (Wildman–Crippen LogP) is 16.2. The molecule has 270 valence electrons. The van der Waals surface area contributed by atoms with Crippen molar-refractivity contribution in [3.63, 3.8) is 0 Å². The van der Waals surface area contributed by atoms with Gasteiger partial charge in [-0.1, -0.05) is 171 Å². The third-order valence-corrected chi connectivity index (χ3v) is 12.8. The van der Waals surface area contributed by atoms with Gasteiger partial charge in [0.25, 0.3) is 0 Å². The summed E-state index contributed by atoms with van der Waals surface area (Å²) in [6.45, 7) is 0. The normalized spacial score (nSPS) is 13.3. The van der Waals surface area contributed by atoms with Gasteiger partial charge in [-0.05, 0) is 111 Å². The first-order chi connectivity index (χ1) is 27.8. The van der Waals surface area contributed by atoms with Crippen molar-refractivity contribution in [2.45, 2.75) is 38.0 Å². The molecule has 1 heterocycles. The van der Waals surface area contributed by atoms with Crippen molar-refractivity contribution < 1.29 is 0 Å². The number of benzene rings is 8. The van der Waals surface area contributed by atoms with E-state index in [2.05, 4.69) is 199 Å². The third-order valence-electron chi connectivity index (χ3n) is 11.7. The highest BCUT2D eigenvalue weighted by Gasteiger charge is 2.21. The molecule has 0 radical (unpaired) electrons. The van der Waals surface area contributed by atoms with Crippen LogP contribution in [0.1, 0.15) is 43.6 Å². The number of nitrogens with zero attached hydrogens (tertiary/aromatic N) is 1. The van der Waals surface area contributed by atoms with E-state index in [4.69, 9.17) is 0 Å². The molecule has 1 aromatic heterocycles. The van der Waals surface area contributed by atoms with Gasteiger partial charge in [0.15, 0.2) is 0 Å². The molecule has 8 aromatic carbocycles. The van der Waals surface area contributed by atoms with Gasteiger partial charge in [-0.15, -0.1) is 11.3 Å². The van der Waals surface area contributed by atoms with Gasteiger partial charge in [0.05, 0.1) is 0 Å². The van der Waals surface area contributed by atoms with Crippen LogP contribution < -0.4 is 4.90 Å². The number of fused-ring (bicyclic) bond motifs is 3. The molecule has 0 amide bonds. The van der Waals surface area contributed by atoms with Crippen molar-refractivity contribution in [3.8, 4) is 44.5 Å². The summed E-state index contributed by atoms with van der Waals surface area (Å²) in [6.07, 6.45) is 6.65. The lowest BCUT2D eigenvalue weighted by Gasteiger charge is -2.27. The SMILES string of the molecule is c1ccc(-c2ccccc2-c2cccc(-c3ccccc3)c2-c2ccc(N(c3ccc(C4CCCCC4)cc3)c3ccc4c(c3)sc3ccccc34)cc2)cc1. The summed E-state index contributed by atoms with van der Waals surface area (Å²) in [7, 11) is 0. The van der Waals surface area contributed by atoms with E-state index < -0.39 is 0 Å². The van der Waals surface area contributed by atoms with Gasteiger partial charge >= 0.3 is 0 Å². The van der Waals surface area contributed by atoms with E-state index >= 15 is 0 Å². The van der Waals surface area contributed by atoms with Crippen LogP contribution in [0.15, 0.2) is 194 Å². The van der Waals surface area contributed by atoms with E-state index in [1.165, 1.54) is 114 Å². The number of hydrogen-bond donors (Lipinski definition) is 0. The smallest absolute Gasteiger partial charge is 0.0476 e. The van der Waals surface area contributed by atoms with Gasteiger partial charge in [0.2, 0.25) is 0 Å². The zero-order valence-corrected chi connectivity index (χ0v) is 32.3. The minimum atomic E-state index is 0.673. The van der Waals surface area contributed by atoms with Gasteiger partial charge in [0, 0.05) is 37.2 Å². The summed E-state index contributed by atoms with van der Waals surface area (Å²) < 4.78 is 2.64. The Bertz CT molecular complexity index is 2760. The first kappa shape index (κ1) is 34.3. The highest BCUT2D eigenvalue weighted by molar-refractivity contribution is 7.25. The van der Waals surface area contributed by atoms with Crippen LogP contribution in [0.2, 0.25) is 0 Å². The first-order valence-electron chi connectivity index (χ1n) is 20.0. The van der Waals surface area contributed by atoms with Crippen LogP contribution in [0.4, 0.5) is 17.1 Å². The Morgan fingerprint density at radius 3 is 1.66 bits per heavy atom. The molecule has 0 atom stereocenters. The van der Waals surface area contributed by atoms with Crippen molar-refractivity contribution in [3.05, 3.63) is 200 Å². The molecule has 56 heavy (non-hydrogen) atoms. The van der Waals surface area contributed by atoms with Crippen LogP contribution >= 0.6 is 11.3 Å². The maximum absolute atomic E-state index is 2.44. The summed E-state index contributed by atoms with van der Waals surface area (Å²) in [5.74, 6) is 0.673. The standard InChI is InChI=1S/C54H43NS/c1-4-15-38(16-5-1)39-27-31-43(32-28-39)55(45-35-36-50-49-23-12-13-26-52(49)56-53(50)37-45)44-33-29-42(30-34-44)54-47(41-19-8-3-9-20-41)24-14-25-51(54)48-22-11-10-21-46(48)40-17-6-2-7-18-40/h2-3,6-14,17-38H,1,4-5,15-16H2. The number of rotatable bonds is 8. The molecule has 0 bridgehead atoms. The van der Waals surface area contributed by atoms with Crippen molar-refractivity contribution in [1.82, 2.24) is 0 Å². The summed E-state index contributed by atoms with van der Waals surface area (Å²) in [6, 6.07) is 71.7. The molecule has 1 fully saturated rings. The average Bonchev–Trinajstić information content (AvgIpc) is 3.66. The fraction of sp³-hybridized carbons (Fsp3) is 0.111. The molecule has 1 nitrogen and oxygen atoms in total. The molecule has 2 heteroatoms. The fourth-order valence-electron chi connectivity index (χ4n) is 8.94. The number of thiophene rings is 1. The minimum absolute atomic E-state index is 0.673. The molecular formula is C54H43NS. The Morgan fingerprint density at radius 1 is 0.375 bits per heavy atom. The van der Waals surface area contributed by atoms with Crippen LogP contribution in [0.25, 0.3) is 64.7 Å². The molecule has 1 aliphatic rings.